The molecule has 0 saturated heterocycles. The Hall–Kier alpha value is 0.860. The highest BCUT2D eigenvalue weighted by atomic mass is 31.1. The first-order chi connectivity index (χ1) is 8.10. The van der Waals surface area contributed by atoms with E-state index in [2.05, 4.69) is 43.9 Å². The van der Waals surface area contributed by atoms with Crippen LogP contribution in [0.15, 0.2) is 0 Å². The molecule has 0 N–H and O–H groups in total. The first-order valence-electron chi connectivity index (χ1n) is 7.59. The molecule has 1 atom stereocenters. The van der Waals surface area contributed by atoms with Crippen molar-refractivity contribution in [3.05, 3.63) is 0 Å². The molecule has 0 amide bonds. The molecule has 0 aromatic heterocycles. The molecular weight excluding hydrogens is 242 g/mol. The third-order valence-electron chi connectivity index (χ3n) is 3.53. The molecule has 2 heteroatoms. The second kappa shape index (κ2) is 14.9. The minimum atomic E-state index is 0.542. The van der Waals surface area contributed by atoms with Crippen LogP contribution in [0.5, 0.6) is 0 Å². The highest BCUT2D eigenvalue weighted by Crippen LogP contribution is 2.29. The van der Waals surface area contributed by atoms with Crippen molar-refractivity contribution in [2.45, 2.75) is 84.7 Å². The van der Waals surface area contributed by atoms with Gasteiger partial charge in [0, 0.05) is 0 Å². The van der Waals surface area contributed by atoms with Crippen molar-refractivity contribution in [3.63, 3.8) is 0 Å². The number of rotatable bonds is 9. The first-order valence-corrected chi connectivity index (χ1v) is 9.58. The highest BCUT2D eigenvalue weighted by molar-refractivity contribution is 7.37. The molecule has 0 aromatic carbocycles. The van der Waals surface area contributed by atoms with Crippen LogP contribution in [0.4, 0.5) is 0 Å². The molecule has 0 aliphatic heterocycles. The van der Waals surface area contributed by atoms with Gasteiger partial charge < -0.3 is 0 Å². The van der Waals surface area contributed by atoms with Crippen LogP contribution in [0.3, 0.4) is 0 Å². The van der Waals surface area contributed by atoms with Gasteiger partial charge in [0.15, 0.2) is 0 Å². The molecule has 0 spiro atoms. The molecule has 106 valence electrons. The topological polar surface area (TPSA) is 0 Å². The first kappa shape index (κ1) is 20.2. The van der Waals surface area contributed by atoms with Gasteiger partial charge in [0.25, 0.3) is 0 Å². The molecule has 0 heterocycles. The zero-order valence-corrected chi connectivity index (χ0v) is 15.1. The average Bonchev–Trinajstić information content (AvgIpc) is 2.38. The van der Waals surface area contributed by atoms with Gasteiger partial charge in [0.1, 0.15) is 0 Å². The molecule has 0 bridgehead atoms. The van der Waals surface area contributed by atoms with Gasteiger partial charge in [-0.05, 0) is 49.6 Å². The normalized spacial score (nSPS) is 10.9. The van der Waals surface area contributed by atoms with Crippen LogP contribution < -0.4 is 0 Å². The third kappa shape index (κ3) is 14.8. The lowest BCUT2D eigenvalue weighted by Gasteiger charge is -2.23. The fourth-order valence-electron chi connectivity index (χ4n) is 1.48. The van der Waals surface area contributed by atoms with E-state index in [1.165, 1.54) is 65.9 Å². The van der Waals surface area contributed by atoms with Gasteiger partial charge in [-0.25, -0.2) is 0 Å². The van der Waals surface area contributed by atoms with E-state index in [1.54, 1.807) is 0 Å². The van der Waals surface area contributed by atoms with Gasteiger partial charge >= 0.3 is 0 Å². The molecule has 0 rings (SSSR count). The lowest BCUT2D eigenvalue weighted by Crippen LogP contribution is -2.15. The van der Waals surface area contributed by atoms with Crippen LogP contribution >= 0.6 is 17.8 Å². The standard InChI is InChI=1S/C8H19P.C7H17P/c1-3-5-7-9-8-6-4-2;1-4-7(8,5-2)6-3/h9H,3-8H2,1-2H3;4-6,8H2,1-3H3. The maximum Gasteiger partial charge on any atom is -0.0158 e. The molecule has 0 aromatic rings. The van der Waals surface area contributed by atoms with Crippen molar-refractivity contribution < 1.29 is 0 Å². The van der Waals surface area contributed by atoms with Crippen molar-refractivity contribution in [3.8, 4) is 0 Å². The molecule has 1 unspecified atom stereocenters. The zero-order chi connectivity index (χ0) is 13.6. The van der Waals surface area contributed by atoms with Gasteiger partial charge in [0.05, 0.1) is 0 Å². The summed E-state index contributed by atoms with van der Waals surface area (Å²) in [5.41, 5.74) is 0. The smallest absolute Gasteiger partial charge is 0.0158 e. The lowest BCUT2D eigenvalue weighted by molar-refractivity contribution is 0.531. The van der Waals surface area contributed by atoms with Crippen LogP contribution in [0.1, 0.15) is 79.6 Å². The van der Waals surface area contributed by atoms with Crippen LogP contribution in [-0.2, 0) is 0 Å². The van der Waals surface area contributed by atoms with Crippen molar-refractivity contribution in [1.82, 2.24) is 0 Å². The van der Waals surface area contributed by atoms with Crippen molar-refractivity contribution >= 4 is 17.8 Å². The Morgan fingerprint density at radius 2 is 1.12 bits per heavy atom. The molecule has 0 aliphatic rings. The summed E-state index contributed by atoms with van der Waals surface area (Å²) in [6, 6.07) is 0. The summed E-state index contributed by atoms with van der Waals surface area (Å²) >= 11 is 0. The second-order valence-corrected chi connectivity index (χ2v) is 7.60. The highest BCUT2D eigenvalue weighted by Gasteiger charge is 2.15. The molecule has 0 fully saturated rings. The fraction of sp³-hybridized carbons (Fsp3) is 1.00. The van der Waals surface area contributed by atoms with E-state index in [4.69, 9.17) is 0 Å². The Labute approximate surface area is 115 Å². The number of hydrogen-bond acceptors (Lipinski definition) is 0. The van der Waals surface area contributed by atoms with Crippen molar-refractivity contribution in [2.24, 2.45) is 0 Å². The summed E-state index contributed by atoms with van der Waals surface area (Å²) < 4.78 is 0. The fourth-order valence-corrected chi connectivity index (χ4v) is 2.94. The Balaban J connectivity index is 0. The van der Waals surface area contributed by atoms with Gasteiger partial charge in [-0.15, -0.1) is 17.8 Å². The summed E-state index contributed by atoms with van der Waals surface area (Å²) in [5.74, 6) is 0. The summed E-state index contributed by atoms with van der Waals surface area (Å²) in [4.78, 5) is 0. The number of unbranched alkanes of at least 4 members (excludes halogenated alkanes) is 2. The maximum atomic E-state index is 2.94. The Bertz CT molecular complexity index is 117. The average molecular weight is 278 g/mol. The maximum absolute atomic E-state index is 2.94. The monoisotopic (exact) mass is 278 g/mol. The van der Waals surface area contributed by atoms with E-state index in [9.17, 15) is 0 Å². The van der Waals surface area contributed by atoms with Gasteiger partial charge in [0.2, 0.25) is 0 Å². The SMILES string of the molecule is CCC(P)(CC)CC.CCCCPCCCC. The van der Waals surface area contributed by atoms with Crippen LogP contribution in [0, 0.1) is 0 Å². The van der Waals surface area contributed by atoms with E-state index in [0.29, 0.717) is 5.16 Å². The largest absolute Gasteiger partial charge is 0.131 e. The van der Waals surface area contributed by atoms with Gasteiger partial charge in [-0.3, -0.25) is 0 Å². The van der Waals surface area contributed by atoms with Crippen LogP contribution in [0.2, 0.25) is 0 Å². The van der Waals surface area contributed by atoms with E-state index in [0.717, 1.165) is 0 Å². The molecule has 0 aliphatic carbocycles. The van der Waals surface area contributed by atoms with Gasteiger partial charge in [-0.2, -0.15) is 0 Å². The minimum absolute atomic E-state index is 0.542. The zero-order valence-electron chi connectivity index (χ0n) is 12.9. The summed E-state index contributed by atoms with van der Waals surface area (Å²) in [7, 11) is 4.19. The summed E-state index contributed by atoms with van der Waals surface area (Å²) in [5, 5.41) is 0.542. The van der Waals surface area contributed by atoms with E-state index in [-0.39, 0.29) is 0 Å². The summed E-state index contributed by atoms with van der Waals surface area (Å²) in [6.07, 6.45) is 12.5. The van der Waals surface area contributed by atoms with Crippen molar-refractivity contribution in [2.75, 3.05) is 12.3 Å². The van der Waals surface area contributed by atoms with Crippen LogP contribution in [0.25, 0.3) is 0 Å². The summed E-state index contributed by atoms with van der Waals surface area (Å²) in [6.45, 7) is 11.3. The Morgan fingerprint density at radius 3 is 1.29 bits per heavy atom. The quantitative estimate of drug-likeness (QED) is 0.353. The second-order valence-electron chi connectivity index (χ2n) is 4.88. The van der Waals surface area contributed by atoms with Gasteiger partial charge in [-0.1, -0.05) is 47.5 Å². The minimum Gasteiger partial charge on any atom is -0.131 e. The van der Waals surface area contributed by atoms with E-state index < -0.39 is 0 Å². The molecule has 0 saturated carbocycles. The molecule has 17 heavy (non-hydrogen) atoms. The molecule has 0 radical (unpaired) electrons. The van der Waals surface area contributed by atoms with E-state index in [1.807, 2.05) is 0 Å². The lowest BCUT2D eigenvalue weighted by atomic mass is 9.99. The van der Waals surface area contributed by atoms with E-state index >= 15 is 0 Å². The Kier molecular flexibility index (Phi) is 17.7. The Morgan fingerprint density at radius 1 is 0.765 bits per heavy atom. The van der Waals surface area contributed by atoms with Crippen LogP contribution in [-0.4, -0.2) is 17.5 Å². The number of hydrogen-bond donors (Lipinski definition) is 0. The molecular formula is C15H36P2. The van der Waals surface area contributed by atoms with Crippen molar-refractivity contribution in [1.29, 1.82) is 0 Å². The predicted octanol–water partition coefficient (Wildman–Crippen LogP) is 6.10. The molecule has 0 nitrogen and oxygen atoms in total. The predicted molar refractivity (Wildman–Crippen MR) is 91.2 cm³/mol. The third-order valence-corrected chi connectivity index (χ3v) is 6.17.